The lowest BCUT2D eigenvalue weighted by atomic mass is 9.73. The Morgan fingerprint density at radius 2 is 2.00 bits per heavy atom. The first-order valence-electron chi connectivity index (χ1n) is 7.86. The molecule has 0 unspecified atom stereocenters. The van der Waals surface area contributed by atoms with Crippen LogP contribution in [0, 0.1) is 5.41 Å². The van der Waals surface area contributed by atoms with Crippen LogP contribution in [0.3, 0.4) is 0 Å². The van der Waals surface area contributed by atoms with Gasteiger partial charge in [-0.05, 0) is 41.9 Å². The van der Waals surface area contributed by atoms with Gasteiger partial charge >= 0.3 is 0 Å². The zero-order valence-corrected chi connectivity index (χ0v) is 14.0. The maximum absolute atomic E-state index is 6.42. The molecule has 4 nitrogen and oxygen atoms in total. The van der Waals surface area contributed by atoms with E-state index in [-0.39, 0.29) is 5.41 Å². The van der Waals surface area contributed by atoms with Crippen molar-refractivity contribution in [1.29, 1.82) is 0 Å². The molecule has 1 aromatic carbocycles. The van der Waals surface area contributed by atoms with Crippen molar-refractivity contribution in [1.82, 2.24) is 15.2 Å². The normalized spacial score (nSPS) is 16.5. The number of H-pyrrole nitrogens is 1. The zero-order chi connectivity index (χ0) is 16.2. The number of nitrogens with two attached hydrogens (primary N) is 1. The number of aromatic nitrogens is 3. The van der Waals surface area contributed by atoms with Crippen molar-refractivity contribution < 1.29 is 0 Å². The lowest BCUT2D eigenvalue weighted by molar-refractivity contribution is 0.317. The van der Waals surface area contributed by atoms with E-state index >= 15 is 0 Å². The SMILES string of the molecule is CC1(C)CCc2c(-c3ccccc3Cl)nc3n[nH]c(N)c3c2C1. The van der Waals surface area contributed by atoms with Crippen LogP contribution in [-0.4, -0.2) is 15.2 Å². The van der Waals surface area contributed by atoms with Crippen molar-refractivity contribution in [3.63, 3.8) is 0 Å². The highest BCUT2D eigenvalue weighted by molar-refractivity contribution is 6.33. The van der Waals surface area contributed by atoms with Gasteiger partial charge in [0, 0.05) is 10.6 Å². The van der Waals surface area contributed by atoms with Gasteiger partial charge in [-0.3, -0.25) is 5.10 Å². The summed E-state index contributed by atoms with van der Waals surface area (Å²) in [5.74, 6) is 0.604. The summed E-state index contributed by atoms with van der Waals surface area (Å²) in [5, 5.41) is 8.86. The topological polar surface area (TPSA) is 67.6 Å². The Labute approximate surface area is 140 Å². The van der Waals surface area contributed by atoms with Crippen molar-refractivity contribution in [2.75, 3.05) is 5.73 Å². The molecule has 1 aliphatic carbocycles. The predicted molar refractivity (Wildman–Crippen MR) is 94.6 cm³/mol. The third-order valence-corrected chi connectivity index (χ3v) is 5.11. The van der Waals surface area contributed by atoms with Gasteiger partial charge in [0.15, 0.2) is 5.65 Å². The first kappa shape index (κ1) is 14.5. The van der Waals surface area contributed by atoms with Gasteiger partial charge in [0.05, 0.1) is 11.1 Å². The van der Waals surface area contributed by atoms with Gasteiger partial charge in [-0.2, -0.15) is 5.10 Å². The van der Waals surface area contributed by atoms with Crippen LogP contribution >= 0.6 is 11.6 Å². The largest absolute Gasteiger partial charge is 0.384 e. The first-order chi connectivity index (χ1) is 11.0. The summed E-state index contributed by atoms with van der Waals surface area (Å²) in [6, 6.07) is 7.85. The third kappa shape index (κ3) is 2.29. The number of fused-ring (bicyclic) bond motifs is 3. The summed E-state index contributed by atoms with van der Waals surface area (Å²) in [4.78, 5) is 4.78. The predicted octanol–water partition coefficient (Wildman–Crippen LogP) is 4.38. The number of aromatic amines is 1. The minimum atomic E-state index is 0.253. The van der Waals surface area contributed by atoms with E-state index in [9.17, 15) is 0 Å². The van der Waals surface area contributed by atoms with Gasteiger partial charge < -0.3 is 5.73 Å². The molecule has 0 amide bonds. The molecule has 0 saturated carbocycles. The van der Waals surface area contributed by atoms with Gasteiger partial charge in [0.2, 0.25) is 0 Å². The molecule has 0 radical (unpaired) electrons. The molecule has 0 spiro atoms. The molecule has 0 fully saturated rings. The van der Waals surface area contributed by atoms with Gasteiger partial charge in [-0.1, -0.05) is 43.6 Å². The van der Waals surface area contributed by atoms with Crippen LogP contribution in [0.4, 0.5) is 5.82 Å². The molecule has 0 aliphatic heterocycles. The van der Waals surface area contributed by atoms with Gasteiger partial charge in [0.25, 0.3) is 0 Å². The summed E-state index contributed by atoms with van der Waals surface area (Å²) in [7, 11) is 0. The van der Waals surface area contributed by atoms with E-state index in [1.165, 1.54) is 11.1 Å². The van der Waals surface area contributed by atoms with Crippen molar-refractivity contribution in [2.45, 2.75) is 33.1 Å². The second-order valence-electron chi connectivity index (χ2n) is 7.07. The summed E-state index contributed by atoms with van der Waals surface area (Å²) in [6.07, 6.45) is 3.08. The van der Waals surface area contributed by atoms with Crippen molar-refractivity contribution in [3.05, 3.63) is 40.4 Å². The molecule has 23 heavy (non-hydrogen) atoms. The molecule has 1 aliphatic rings. The number of hydrogen-bond donors (Lipinski definition) is 2. The highest BCUT2D eigenvalue weighted by Crippen LogP contribution is 2.43. The number of nitrogens with one attached hydrogen (secondary N) is 1. The summed E-state index contributed by atoms with van der Waals surface area (Å²) >= 11 is 6.42. The molecule has 118 valence electrons. The number of pyridine rings is 1. The Morgan fingerprint density at radius 1 is 1.22 bits per heavy atom. The second-order valence-corrected chi connectivity index (χ2v) is 7.48. The van der Waals surface area contributed by atoms with E-state index in [1.54, 1.807) is 0 Å². The monoisotopic (exact) mass is 326 g/mol. The summed E-state index contributed by atoms with van der Waals surface area (Å²) < 4.78 is 0. The van der Waals surface area contributed by atoms with Crippen molar-refractivity contribution in [3.8, 4) is 11.3 Å². The molecule has 3 N–H and O–H groups in total. The highest BCUT2D eigenvalue weighted by Gasteiger charge is 2.31. The number of rotatable bonds is 1. The molecule has 0 bridgehead atoms. The summed E-state index contributed by atoms with van der Waals surface area (Å²) in [5.41, 5.74) is 11.5. The minimum Gasteiger partial charge on any atom is -0.384 e. The Balaban J connectivity index is 2.06. The van der Waals surface area contributed by atoms with Crippen LogP contribution < -0.4 is 5.73 Å². The Hall–Kier alpha value is -2.07. The molecule has 5 heteroatoms. The summed E-state index contributed by atoms with van der Waals surface area (Å²) in [6.45, 7) is 4.60. The average molecular weight is 327 g/mol. The molecular formula is C18H19ClN4. The average Bonchev–Trinajstić information content (AvgIpc) is 2.87. The van der Waals surface area contributed by atoms with E-state index < -0.39 is 0 Å². The van der Waals surface area contributed by atoms with Gasteiger partial charge in [-0.15, -0.1) is 0 Å². The quantitative estimate of drug-likeness (QED) is 0.697. The fourth-order valence-corrected chi connectivity index (χ4v) is 3.79. The number of halogens is 1. The first-order valence-corrected chi connectivity index (χ1v) is 8.24. The lowest BCUT2D eigenvalue weighted by Crippen LogP contribution is -2.23. The molecule has 2 heterocycles. The molecular weight excluding hydrogens is 308 g/mol. The van der Waals surface area contributed by atoms with Gasteiger partial charge in [-0.25, -0.2) is 4.98 Å². The maximum atomic E-state index is 6.42. The number of nitrogens with zero attached hydrogens (tertiary/aromatic N) is 2. The number of benzene rings is 1. The fourth-order valence-electron chi connectivity index (χ4n) is 3.56. The standard InChI is InChI=1S/C18H19ClN4/c1-18(2)8-7-10-12(9-18)14-16(20)22-23-17(14)21-15(10)11-5-3-4-6-13(11)19/h3-6H,7-9H2,1-2H3,(H3,20,21,22,23). The smallest absolute Gasteiger partial charge is 0.183 e. The molecule has 0 atom stereocenters. The van der Waals surface area contributed by atoms with Crippen LogP contribution in [0.2, 0.25) is 5.02 Å². The third-order valence-electron chi connectivity index (χ3n) is 4.78. The Kier molecular flexibility index (Phi) is 3.13. The second kappa shape index (κ2) is 4.96. The van der Waals surface area contributed by atoms with E-state index in [0.717, 1.165) is 40.9 Å². The Bertz CT molecular complexity index is 911. The molecule has 0 saturated heterocycles. The van der Waals surface area contributed by atoms with E-state index in [0.29, 0.717) is 11.5 Å². The van der Waals surface area contributed by atoms with E-state index in [4.69, 9.17) is 22.3 Å². The van der Waals surface area contributed by atoms with Crippen LogP contribution in [0.5, 0.6) is 0 Å². The van der Waals surface area contributed by atoms with Crippen LogP contribution in [0.15, 0.2) is 24.3 Å². The molecule has 2 aromatic heterocycles. The minimum absolute atomic E-state index is 0.253. The molecule has 3 aromatic rings. The lowest BCUT2D eigenvalue weighted by Gasteiger charge is -2.32. The molecule has 4 rings (SSSR count). The van der Waals surface area contributed by atoms with Crippen molar-refractivity contribution >= 4 is 28.5 Å². The van der Waals surface area contributed by atoms with E-state index in [1.807, 2.05) is 24.3 Å². The maximum Gasteiger partial charge on any atom is 0.183 e. The van der Waals surface area contributed by atoms with Crippen LogP contribution in [0.25, 0.3) is 22.3 Å². The van der Waals surface area contributed by atoms with E-state index in [2.05, 4.69) is 24.0 Å². The number of hydrogen-bond acceptors (Lipinski definition) is 3. The fraction of sp³-hybridized carbons (Fsp3) is 0.333. The zero-order valence-electron chi connectivity index (χ0n) is 13.3. The van der Waals surface area contributed by atoms with Gasteiger partial charge in [0.1, 0.15) is 5.82 Å². The van der Waals surface area contributed by atoms with Crippen molar-refractivity contribution in [2.24, 2.45) is 5.41 Å². The van der Waals surface area contributed by atoms with Crippen LogP contribution in [0.1, 0.15) is 31.4 Å². The Morgan fingerprint density at radius 3 is 2.78 bits per heavy atom. The number of anilines is 1. The van der Waals surface area contributed by atoms with Crippen LogP contribution in [-0.2, 0) is 12.8 Å². The number of nitrogen functional groups attached to an aromatic ring is 1. The highest BCUT2D eigenvalue weighted by atomic mass is 35.5.